The summed E-state index contributed by atoms with van der Waals surface area (Å²) in [6, 6.07) is 3.29. The van der Waals surface area contributed by atoms with Crippen LogP contribution in [0.2, 0.25) is 0 Å². The van der Waals surface area contributed by atoms with Gasteiger partial charge < -0.3 is 18.9 Å². The smallest absolute Gasteiger partial charge is 0.465 e. The number of methoxy groups -OCH3 is 2. The van der Waals surface area contributed by atoms with E-state index in [4.69, 9.17) is 4.74 Å². The van der Waals surface area contributed by atoms with Crippen molar-refractivity contribution in [2.45, 2.75) is 6.36 Å². The summed E-state index contributed by atoms with van der Waals surface area (Å²) in [5, 5.41) is 0. The SMILES string of the molecule is COCOc1ccc(C(=O)OC)cc1OC(F)(F)F. The third-order valence-corrected chi connectivity index (χ3v) is 1.92. The fourth-order valence-electron chi connectivity index (χ4n) is 1.20. The van der Waals surface area contributed by atoms with Crippen LogP contribution in [0.15, 0.2) is 18.2 Å². The van der Waals surface area contributed by atoms with E-state index >= 15 is 0 Å². The van der Waals surface area contributed by atoms with E-state index in [0.29, 0.717) is 0 Å². The summed E-state index contributed by atoms with van der Waals surface area (Å²) in [6.07, 6.45) is -4.90. The Kier molecular flexibility index (Phi) is 4.99. The van der Waals surface area contributed by atoms with Crippen LogP contribution < -0.4 is 9.47 Å². The lowest BCUT2D eigenvalue weighted by molar-refractivity contribution is -0.275. The quantitative estimate of drug-likeness (QED) is 0.612. The molecule has 0 amide bonds. The summed E-state index contributed by atoms with van der Waals surface area (Å²) < 4.78 is 54.4. The number of alkyl halides is 3. The Morgan fingerprint density at radius 2 is 1.89 bits per heavy atom. The molecule has 0 unspecified atom stereocenters. The van der Waals surface area contributed by atoms with E-state index < -0.39 is 18.1 Å². The molecule has 0 bridgehead atoms. The van der Waals surface area contributed by atoms with Gasteiger partial charge in [0.2, 0.25) is 0 Å². The molecule has 106 valence electrons. The summed E-state index contributed by atoms with van der Waals surface area (Å²) in [4.78, 5) is 11.2. The number of carbonyl (C=O) groups excluding carboxylic acids is 1. The molecular formula is C11H11F3O5. The molecule has 0 aliphatic carbocycles. The molecule has 0 saturated heterocycles. The molecule has 1 aromatic rings. The van der Waals surface area contributed by atoms with Gasteiger partial charge in [-0.2, -0.15) is 0 Å². The van der Waals surface area contributed by atoms with Crippen LogP contribution in [0.25, 0.3) is 0 Å². The Balaban J connectivity index is 3.06. The molecule has 0 fully saturated rings. The Morgan fingerprint density at radius 3 is 2.42 bits per heavy atom. The lowest BCUT2D eigenvalue weighted by atomic mass is 10.2. The first-order valence-electron chi connectivity index (χ1n) is 4.97. The molecule has 0 aromatic heterocycles. The van der Waals surface area contributed by atoms with E-state index in [1.54, 1.807) is 0 Å². The fourth-order valence-corrected chi connectivity index (χ4v) is 1.20. The van der Waals surface area contributed by atoms with Gasteiger partial charge in [-0.1, -0.05) is 0 Å². The van der Waals surface area contributed by atoms with E-state index in [-0.39, 0.29) is 18.1 Å². The minimum Gasteiger partial charge on any atom is -0.465 e. The Bertz CT molecular complexity index is 444. The molecular weight excluding hydrogens is 269 g/mol. The normalized spacial score (nSPS) is 11.0. The van der Waals surface area contributed by atoms with E-state index in [1.165, 1.54) is 13.2 Å². The van der Waals surface area contributed by atoms with E-state index in [1.807, 2.05) is 0 Å². The molecule has 0 aliphatic rings. The summed E-state index contributed by atoms with van der Waals surface area (Å²) in [6.45, 7) is -0.258. The second-order valence-electron chi connectivity index (χ2n) is 3.25. The standard InChI is InChI=1S/C11H11F3O5/c1-16-6-18-8-4-3-7(10(15)17-2)5-9(8)19-11(12,13)14/h3-5H,6H2,1-2H3. The second-order valence-corrected chi connectivity index (χ2v) is 3.25. The minimum absolute atomic E-state index is 0.0912. The highest BCUT2D eigenvalue weighted by molar-refractivity contribution is 5.90. The summed E-state index contributed by atoms with van der Waals surface area (Å²) in [5.74, 6) is -1.63. The molecule has 0 heterocycles. The number of esters is 1. The lowest BCUT2D eigenvalue weighted by Crippen LogP contribution is -2.18. The van der Waals surface area contributed by atoms with Crippen molar-refractivity contribution in [2.75, 3.05) is 21.0 Å². The van der Waals surface area contributed by atoms with E-state index in [9.17, 15) is 18.0 Å². The predicted octanol–water partition coefficient (Wildman–Crippen LogP) is 2.35. The van der Waals surface area contributed by atoms with Gasteiger partial charge in [0.15, 0.2) is 18.3 Å². The maximum absolute atomic E-state index is 12.2. The van der Waals surface area contributed by atoms with Crippen LogP contribution in [-0.2, 0) is 9.47 Å². The summed E-state index contributed by atoms with van der Waals surface area (Å²) >= 11 is 0. The third-order valence-electron chi connectivity index (χ3n) is 1.92. The van der Waals surface area contributed by atoms with Crippen LogP contribution in [-0.4, -0.2) is 33.3 Å². The Hall–Kier alpha value is -1.96. The second kappa shape index (κ2) is 6.28. The molecule has 0 saturated carbocycles. The van der Waals surface area contributed by atoms with Gasteiger partial charge in [-0.05, 0) is 18.2 Å². The topological polar surface area (TPSA) is 54.0 Å². The van der Waals surface area contributed by atoms with Crippen molar-refractivity contribution in [1.29, 1.82) is 0 Å². The molecule has 0 radical (unpaired) electrons. The summed E-state index contributed by atoms with van der Waals surface area (Å²) in [7, 11) is 2.43. The predicted molar refractivity (Wildman–Crippen MR) is 57.0 cm³/mol. The number of hydrogen-bond donors (Lipinski definition) is 0. The molecule has 1 aromatic carbocycles. The molecule has 8 heteroatoms. The van der Waals surface area contributed by atoms with E-state index in [2.05, 4.69) is 14.2 Å². The van der Waals surface area contributed by atoms with Crippen molar-refractivity contribution >= 4 is 5.97 Å². The monoisotopic (exact) mass is 280 g/mol. The Labute approximate surface area is 106 Å². The number of rotatable bonds is 5. The zero-order valence-corrected chi connectivity index (χ0v) is 10.1. The number of ether oxygens (including phenoxy) is 4. The highest BCUT2D eigenvalue weighted by Crippen LogP contribution is 2.33. The number of benzene rings is 1. The number of halogens is 3. The molecule has 0 N–H and O–H groups in total. The zero-order valence-electron chi connectivity index (χ0n) is 10.1. The van der Waals surface area contributed by atoms with Crippen molar-refractivity contribution in [1.82, 2.24) is 0 Å². The zero-order chi connectivity index (χ0) is 14.5. The van der Waals surface area contributed by atoms with Gasteiger partial charge in [0.05, 0.1) is 12.7 Å². The van der Waals surface area contributed by atoms with Crippen LogP contribution in [0.3, 0.4) is 0 Å². The first kappa shape index (κ1) is 15.1. The lowest BCUT2D eigenvalue weighted by Gasteiger charge is -2.14. The van der Waals surface area contributed by atoms with Crippen LogP contribution in [0.4, 0.5) is 13.2 Å². The fraction of sp³-hybridized carbons (Fsp3) is 0.364. The van der Waals surface area contributed by atoms with Crippen LogP contribution in [0.5, 0.6) is 11.5 Å². The van der Waals surface area contributed by atoms with Crippen LogP contribution in [0, 0.1) is 0 Å². The minimum atomic E-state index is -4.90. The van der Waals surface area contributed by atoms with Gasteiger partial charge >= 0.3 is 12.3 Å². The maximum Gasteiger partial charge on any atom is 0.573 e. The molecule has 19 heavy (non-hydrogen) atoms. The van der Waals surface area contributed by atoms with E-state index in [0.717, 1.165) is 19.2 Å². The van der Waals surface area contributed by atoms with Crippen molar-refractivity contribution in [2.24, 2.45) is 0 Å². The van der Waals surface area contributed by atoms with Crippen molar-refractivity contribution < 1.29 is 36.9 Å². The first-order chi connectivity index (χ1) is 8.87. The van der Waals surface area contributed by atoms with Crippen molar-refractivity contribution in [3.8, 4) is 11.5 Å². The molecule has 0 atom stereocenters. The van der Waals surface area contributed by atoms with Gasteiger partial charge in [0, 0.05) is 7.11 Å². The average molecular weight is 280 g/mol. The molecule has 1 rings (SSSR count). The largest absolute Gasteiger partial charge is 0.573 e. The highest BCUT2D eigenvalue weighted by Gasteiger charge is 2.33. The molecule has 0 aliphatic heterocycles. The van der Waals surface area contributed by atoms with Gasteiger partial charge in [-0.3, -0.25) is 0 Å². The molecule has 5 nitrogen and oxygen atoms in total. The summed E-state index contributed by atoms with van der Waals surface area (Å²) in [5.41, 5.74) is -0.0912. The first-order valence-corrected chi connectivity index (χ1v) is 4.97. The Morgan fingerprint density at radius 1 is 1.21 bits per heavy atom. The third kappa shape index (κ3) is 4.66. The number of carbonyl (C=O) groups is 1. The van der Waals surface area contributed by atoms with Gasteiger partial charge in [0.25, 0.3) is 0 Å². The average Bonchev–Trinajstić information content (AvgIpc) is 2.34. The van der Waals surface area contributed by atoms with Crippen LogP contribution >= 0.6 is 0 Å². The van der Waals surface area contributed by atoms with Crippen molar-refractivity contribution in [3.63, 3.8) is 0 Å². The van der Waals surface area contributed by atoms with Crippen LogP contribution in [0.1, 0.15) is 10.4 Å². The van der Waals surface area contributed by atoms with Gasteiger partial charge in [-0.25, -0.2) is 4.79 Å². The molecule has 0 spiro atoms. The van der Waals surface area contributed by atoms with Crippen molar-refractivity contribution in [3.05, 3.63) is 23.8 Å². The maximum atomic E-state index is 12.2. The van der Waals surface area contributed by atoms with Gasteiger partial charge in [0.1, 0.15) is 0 Å². The van der Waals surface area contributed by atoms with Gasteiger partial charge in [-0.15, -0.1) is 13.2 Å². The highest BCUT2D eigenvalue weighted by atomic mass is 19.4. The number of hydrogen-bond acceptors (Lipinski definition) is 5.